The topological polar surface area (TPSA) is 77.2 Å². The van der Waals surface area contributed by atoms with E-state index >= 15 is 0 Å². The molecular formula is C37H47N5O3. The predicted molar refractivity (Wildman–Crippen MR) is 179 cm³/mol. The summed E-state index contributed by atoms with van der Waals surface area (Å²) in [6.45, 7) is 8.76. The number of anilines is 1. The van der Waals surface area contributed by atoms with E-state index in [1.807, 2.05) is 78.7 Å². The third-order valence-electron chi connectivity index (χ3n) is 10.0. The lowest BCUT2D eigenvalue weighted by Gasteiger charge is -2.39. The summed E-state index contributed by atoms with van der Waals surface area (Å²) in [5.74, 6) is 0.0564. The Kier molecular flexibility index (Phi) is 10.1. The molecule has 3 fully saturated rings. The van der Waals surface area contributed by atoms with Crippen molar-refractivity contribution in [2.45, 2.75) is 44.8 Å². The van der Waals surface area contributed by atoms with Crippen LogP contribution in [0.1, 0.15) is 48.0 Å². The number of ether oxygens (including phenoxy) is 1. The van der Waals surface area contributed by atoms with Gasteiger partial charge in [-0.15, -0.1) is 0 Å². The zero-order chi connectivity index (χ0) is 31.1. The highest BCUT2D eigenvalue weighted by atomic mass is 16.6. The zero-order valence-electron chi connectivity index (χ0n) is 26.5. The van der Waals surface area contributed by atoms with Crippen molar-refractivity contribution in [3.8, 4) is 11.1 Å². The van der Waals surface area contributed by atoms with Crippen LogP contribution in [0.15, 0.2) is 78.9 Å². The summed E-state index contributed by atoms with van der Waals surface area (Å²) in [5, 5.41) is 6.49. The Bertz CT molecular complexity index is 1410. The molecule has 0 radical (unpaired) electrons. The quantitative estimate of drug-likeness (QED) is 0.324. The first-order valence-electron chi connectivity index (χ1n) is 16.6. The molecule has 45 heavy (non-hydrogen) atoms. The molecular weight excluding hydrogens is 562 g/mol. The molecule has 0 bridgehead atoms. The Labute approximate surface area is 267 Å². The maximum atomic E-state index is 13.1. The van der Waals surface area contributed by atoms with Gasteiger partial charge >= 0.3 is 6.09 Å². The SMILES string of the molecule is CN(CCN1CCC(OC(=O)Nc2ccccc2-c2ccccc2)CC1)C(=O)c1ccc(CN2CCC3(CCNC3)CC2)cc1. The molecule has 0 atom stereocenters. The lowest BCUT2D eigenvalue weighted by molar-refractivity contribution is 0.0540. The van der Waals surface area contributed by atoms with Crippen LogP contribution in [0.25, 0.3) is 11.1 Å². The predicted octanol–water partition coefficient (Wildman–Crippen LogP) is 5.71. The molecule has 3 saturated heterocycles. The summed E-state index contributed by atoms with van der Waals surface area (Å²) >= 11 is 0. The van der Waals surface area contributed by atoms with Crippen LogP contribution in [0.5, 0.6) is 0 Å². The molecule has 3 aliphatic rings. The minimum atomic E-state index is -0.417. The molecule has 0 aromatic heterocycles. The number of rotatable bonds is 9. The Morgan fingerprint density at radius 2 is 1.60 bits per heavy atom. The minimum absolute atomic E-state index is 0.0564. The van der Waals surface area contributed by atoms with Gasteiger partial charge in [-0.25, -0.2) is 4.79 Å². The molecule has 3 aromatic carbocycles. The van der Waals surface area contributed by atoms with Gasteiger partial charge in [0.05, 0.1) is 5.69 Å². The van der Waals surface area contributed by atoms with E-state index in [0.29, 0.717) is 12.0 Å². The van der Waals surface area contributed by atoms with Crippen LogP contribution in [0.2, 0.25) is 0 Å². The average molecular weight is 610 g/mol. The number of likely N-dealkylation sites (tertiary alicyclic amines) is 2. The van der Waals surface area contributed by atoms with Crippen LogP contribution in [0, 0.1) is 5.41 Å². The van der Waals surface area contributed by atoms with Crippen molar-refractivity contribution < 1.29 is 14.3 Å². The molecule has 8 nitrogen and oxygen atoms in total. The summed E-state index contributed by atoms with van der Waals surface area (Å²) in [4.78, 5) is 32.6. The van der Waals surface area contributed by atoms with E-state index in [2.05, 4.69) is 32.6 Å². The van der Waals surface area contributed by atoms with Gasteiger partial charge in [-0.2, -0.15) is 0 Å². The van der Waals surface area contributed by atoms with E-state index in [9.17, 15) is 9.59 Å². The second-order valence-electron chi connectivity index (χ2n) is 13.1. The number of carbonyl (C=O) groups excluding carboxylic acids is 2. The van der Waals surface area contributed by atoms with Crippen molar-refractivity contribution in [3.63, 3.8) is 0 Å². The minimum Gasteiger partial charge on any atom is -0.446 e. The number of likely N-dealkylation sites (N-methyl/N-ethyl adjacent to an activating group) is 1. The lowest BCUT2D eigenvalue weighted by Crippen LogP contribution is -2.42. The number of piperidine rings is 2. The van der Waals surface area contributed by atoms with Gasteiger partial charge in [-0.1, -0.05) is 60.7 Å². The largest absolute Gasteiger partial charge is 0.446 e. The average Bonchev–Trinajstić information content (AvgIpc) is 3.54. The Morgan fingerprint density at radius 3 is 2.31 bits per heavy atom. The number of nitrogens with one attached hydrogen (secondary N) is 2. The fourth-order valence-corrected chi connectivity index (χ4v) is 7.04. The molecule has 8 heteroatoms. The molecule has 3 aliphatic heterocycles. The highest BCUT2D eigenvalue weighted by Gasteiger charge is 2.36. The highest BCUT2D eigenvalue weighted by molar-refractivity contribution is 5.94. The smallest absolute Gasteiger partial charge is 0.411 e. The first-order chi connectivity index (χ1) is 22.0. The standard InChI is InChI=1S/C37H47N5O3/c1-40(35(43)31-13-11-29(12-14-31)27-42-23-18-37(19-24-42)17-20-38-28-37)25-26-41-21-15-32(16-22-41)45-36(44)39-34-10-6-5-9-33(34)30-7-3-2-4-8-30/h2-14,32,38H,15-28H2,1H3,(H,39,44). The first kappa shape index (κ1) is 31.3. The number of para-hydroxylation sites is 1. The van der Waals surface area contributed by atoms with E-state index < -0.39 is 6.09 Å². The summed E-state index contributed by atoms with van der Waals surface area (Å²) in [6.07, 6.45) is 4.91. The summed E-state index contributed by atoms with van der Waals surface area (Å²) in [5.41, 5.74) is 5.30. The molecule has 238 valence electrons. The summed E-state index contributed by atoms with van der Waals surface area (Å²) in [6, 6.07) is 26.0. The Balaban J connectivity index is 0.899. The maximum Gasteiger partial charge on any atom is 0.411 e. The van der Waals surface area contributed by atoms with Crippen LogP contribution >= 0.6 is 0 Å². The molecule has 1 spiro atoms. The van der Waals surface area contributed by atoms with Crippen LogP contribution in [0.4, 0.5) is 10.5 Å². The van der Waals surface area contributed by atoms with Crippen molar-refractivity contribution in [1.82, 2.24) is 20.0 Å². The van der Waals surface area contributed by atoms with Crippen LogP contribution in [-0.4, -0.2) is 92.2 Å². The fourth-order valence-electron chi connectivity index (χ4n) is 7.04. The zero-order valence-corrected chi connectivity index (χ0v) is 26.5. The summed E-state index contributed by atoms with van der Waals surface area (Å²) in [7, 11) is 1.88. The van der Waals surface area contributed by atoms with Crippen molar-refractivity contribution in [2.24, 2.45) is 5.41 Å². The lowest BCUT2D eigenvalue weighted by atomic mass is 9.78. The number of hydrogen-bond acceptors (Lipinski definition) is 6. The van der Waals surface area contributed by atoms with E-state index in [0.717, 1.165) is 74.5 Å². The molecule has 0 aliphatic carbocycles. The number of nitrogens with zero attached hydrogens (tertiary/aromatic N) is 3. The van der Waals surface area contributed by atoms with E-state index in [4.69, 9.17) is 4.74 Å². The molecule has 2 amide bonds. The van der Waals surface area contributed by atoms with E-state index in [1.165, 1.54) is 37.9 Å². The van der Waals surface area contributed by atoms with E-state index in [-0.39, 0.29) is 12.0 Å². The number of carbonyl (C=O) groups is 2. The maximum absolute atomic E-state index is 13.1. The highest BCUT2D eigenvalue weighted by Crippen LogP contribution is 2.37. The molecule has 6 rings (SSSR count). The van der Waals surface area contributed by atoms with Gasteiger partial charge in [0.25, 0.3) is 5.91 Å². The first-order valence-corrected chi connectivity index (χ1v) is 16.6. The third-order valence-corrected chi connectivity index (χ3v) is 10.0. The number of amides is 2. The van der Waals surface area contributed by atoms with Crippen LogP contribution in [-0.2, 0) is 11.3 Å². The van der Waals surface area contributed by atoms with Crippen LogP contribution < -0.4 is 10.6 Å². The van der Waals surface area contributed by atoms with Crippen molar-refractivity contribution >= 4 is 17.7 Å². The molecule has 2 N–H and O–H groups in total. The number of hydrogen-bond donors (Lipinski definition) is 2. The van der Waals surface area contributed by atoms with Gasteiger partial charge in [0.1, 0.15) is 6.10 Å². The van der Waals surface area contributed by atoms with Gasteiger partial charge in [-0.3, -0.25) is 15.0 Å². The van der Waals surface area contributed by atoms with Gasteiger partial charge in [0, 0.05) is 57.4 Å². The van der Waals surface area contributed by atoms with Gasteiger partial charge < -0.3 is 19.9 Å². The third kappa shape index (κ3) is 8.12. The second kappa shape index (κ2) is 14.6. The van der Waals surface area contributed by atoms with Gasteiger partial charge in [0.2, 0.25) is 0 Å². The van der Waals surface area contributed by atoms with Gasteiger partial charge in [0.15, 0.2) is 0 Å². The molecule has 0 unspecified atom stereocenters. The van der Waals surface area contributed by atoms with Crippen molar-refractivity contribution in [1.29, 1.82) is 0 Å². The van der Waals surface area contributed by atoms with Crippen LogP contribution in [0.3, 0.4) is 0 Å². The molecule has 3 aromatic rings. The number of benzene rings is 3. The van der Waals surface area contributed by atoms with E-state index in [1.54, 1.807) is 0 Å². The Hall–Kier alpha value is -3.72. The second-order valence-corrected chi connectivity index (χ2v) is 13.1. The monoisotopic (exact) mass is 609 g/mol. The van der Waals surface area contributed by atoms with Crippen molar-refractivity contribution in [2.75, 3.05) is 64.7 Å². The molecule has 0 saturated carbocycles. The van der Waals surface area contributed by atoms with Gasteiger partial charge in [-0.05, 0) is 86.5 Å². The summed E-state index contributed by atoms with van der Waals surface area (Å²) < 4.78 is 5.79. The Morgan fingerprint density at radius 1 is 0.889 bits per heavy atom. The fraction of sp³-hybridized carbons (Fsp3) is 0.459. The normalized spacial score (nSPS) is 19.0. The van der Waals surface area contributed by atoms with Crippen molar-refractivity contribution in [3.05, 3.63) is 90.0 Å². The molecule has 3 heterocycles.